The summed E-state index contributed by atoms with van der Waals surface area (Å²) in [5.74, 6) is 1.48. The van der Waals surface area contributed by atoms with Crippen LogP contribution in [-0.4, -0.2) is 37.1 Å². The molecule has 138 valence electrons. The van der Waals surface area contributed by atoms with Crippen molar-refractivity contribution < 1.29 is 9.21 Å². The van der Waals surface area contributed by atoms with Crippen molar-refractivity contribution in [1.82, 2.24) is 10.3 Å². The fraction of sp³-hybridized carbons (Fsp3) is 0.238. The van der Waals surface area contributed by atoms with Gasteiger partial charge in [0, 0.05) is 38.1 Å². The first-order chi connectivity index (χ1) is 13.3. The van der Waals surface area contributed by atoms with Crippen LogP contribution in [-0.2, 0) is 6.54 Å². The number of amides is 1. The molecule has 6 heteroatoms. The molecule has 3 aromatic rings. The Hall–Kier alpha value is -3.28. The maximum Gasteiger partial charge on any atom is 0.253 e. The summed E-state index contributed by atoms with van der Waals surface area (Å²) < 4.78 is 5.22. The van der Waals surface area contributed by atoms with Crippen molar-refractivity contribution in [1.29, 1.82) is 0 Å². The van der Waals surface area contributed by atoms with Crippen LogP contribution in [0, 0.1) is 0 Å². The number of rotatable bonds is 5. The number of carbonyl (C=O) groups excluding carboxylic acids is 1. The van der Waals surface area contributed by atoms with Gasteiger partial charge in [0.2, 0.25) is 0 Å². The number of aromatic nitrogens is 1. The molecule has 1 aliphatic heterocycles. The third-order valence-electron chi connectivity index (χ3n) is 4.74. The summed E-state index contributed by atoms with van der Waals surface area (Å²) in [5.41, 5.74) is 1.81. The van der Waals surface area contributed by atoms with Crippen LogP contribution in [0.2, 0.25) is 0 Å². The van der Waals surface area contributed by atoms with E-state index in [1.54, 1.807) is 18.5 Å². The Bertz CT molecular complexity index is 855. The van der Waals surface area contributed by atoms with Gasteiger partial charge in [-0.15, -0.1) is 0 Å². The van der Waals surface area contributed by atoms with Gasteiger partial charge in [0.05, 0.1) is 18.4 Å². The Labute approximate surface area is 158 Å². The highest BCUT2D eigenvalue weighted by atomic mass is 16.3. The van der Waals surface area contributed by atoms with E-state index in [0.29, 0.717) is 12.1 Å². The van der Waals surface area contributed by atoms with Gasteiger partial charge in [-0.3, -0.25) is 4.79 Å². The van der Waals surface area contributed by atoms with E-state index in [0.717, 1.165) is 37.8 Å². The van der Waals surface area contributed by atoms with Crippen LogP contribution in [0.5, 0.6) is 0 Å². The molecule has 0 radical (unpaired) electrons. The molecule has 6 nitrogen and oxygen atoms in total. The van der Waals surface area contributed by atoms with E-state index in [2.05, 4.69) is 44.4 Å². The standard InChI is InChI=1S/C21H22N4O2/c26-21(23-16-19-7-4-14-27-19)17-8-9-20(22-15-17)25-12-10-24(11-13-25)18-5-2-1-3-6-18/h1-9,14-15H,10-13,16H2,(H,23,26). The Balaban J connectivity index is 1.32. The average molecular weight is 362 g/mol. The second-order valence-corrected chi connectivity index (χ2v) is 6.48. The van der Waals surface area contributed by atoms with Gasteiger partial charge in [-0.1, -0.05) is 18.2 Å². The lowest BCUT2D eigenvalue weighted by Gasteiger charge is -2.36. The minimum Gasteiger partial charge on any atom is -0.467 e. The van der Waals surface area contributed by atoms with Gasteiger partial charge in [-0.05, 0) is 36.4 Å². The predicted molar refractivity (Wildman–Crippen MR) is 105 cm³/mol. The van der Waals surface area contributed by atoms with E-state index in [1.807, 2.05) is 24.3 Å². The molecule has 3 heterocycles. The van der Waals surface area contributed by atoms with Gasteiger partial charge < -0.3 is 19.5 Å². The zero-order valence-corrected chi connectivity index (χ0v) is 15.0. The van der Waals surface area contributed by atoms with Crippen LogP contribution in [0.1, 0.15) is 16.1 Å². The molecule has 0 unspecified atom stereocenters. The molecule has 27 heavy (non-hydrogen) atoms. The van der Waals surface area contributed by atoms with E-state index in [1.165, 1.54) is 5.69 Å². The highest BCUT2D eigenvalue weighted by Crippen LogP contribution is 2.19. The number of pyridine rings is 1. The lowest BCUT2D eigenvalue weighted by molar-refractivity contribution is 0.0947. The second kappa shape index (κ2) is 7.95. The molecule has 1 aliphatic rings. The molecule has 0 aliphatic carbocycles. The van der Waals surface area contributed by atoms with Crippen molar-refractivity contribution in [2.75, 3.05) is 36.0 Å². The molecule has 0 bridgehead atoms. The van der Waals surface area contributed by atoms with Gasteiger partial charge in [-0.2, -0.15) is 0 Å². The van der Waals surface area contributed by atoms with E-state index in [4.69, 9.17) is 4.42 Å². The number of piperazine rings is 1. The van der Waals surface area contributed by atoms with Crippen LogP contribution in [0.25, 0.3) is 0 Å². The molecule has 4 rings (SSSR count). The topological polar surface area (TPSA) is 61.6 Å². The maximum absolute atomic E-state index is 12.2. The quantitative estimate of drug-likeness (QED) is 0.756. The minimum atomic E-state index is -0.153. The second-order valence-electron chi connectivity index (χ2n) is 6.48. The SMILES string of the molecule is O=C(NCc1ccco1)c1ccc(N2CCN(c3ccccc3)CC2)nc1. The summed E-state index contributed by atoms with van der Waals surface area (Å²) in [6, 6.07) is 17.8. The van der Waals surface area contributed by atoms with Crippen molar-refractivity contribution in [2.24, 2.45) is 0 Å². The van der Waals surface area contributed by atoms with Crippen molar-refractivity contribution in [3.8, 4) is 0 Å². The molecule has 0 saturated carbocycles. The monoisotopic (exact) mass is 362 g/mol. The number of hydrogen-bond acceptors (Lipinski definition) is 5. The summed E-state index contributed by atoms with van der Waals surface area (Å²) in [5, 5.41) is 2.83. The van der Waals surface area contributed by atoms with Crippen molar-refractivity contribution in [3.63, 3.8) is 0 Å². The van der Waals surface area contributed by atoms with E-state index < -0.39 is 0 Å². The number of benzene rings is 1. The Morgan fingerprint density at radius 1 is 0.963 bits per heavy atom. The van der Waals surface area contributed by atoms with Gasteiger partial charge in [-0.25, -0.2) is 4.98 Å². The van der Waals surface area contributed by atoms with Gasteiger partial charge in [0.15, 0.2) is 0 Å². The Morgan fingerprint density at radius 2 is 1.74 bits per heavy atom. The smallest absolute Gasteiger partial charge is 0.253 e. The Morgan fingerprint density at radius 3 is 2.41 bits per heavy atom. The normalized spacial score (nSPS) is 14.2. The van der Waals surface area contributed by atoms with Crippen molar-refractivity contribution in [2.45, 2.75) is 6.54 Å². The molecule has 1 N–H and O–H groups in total. The molecule has 1 saturated heterocycles. The summed E-state index contributed by atoms with van der Waals surface area (Å²) >= 11 is 0. The molecular weight excluding hydrogens is 340 g/mol. The maximum atomic E-state index is 12.2. The van der Waals surface area contributed by atoms with Crippen molar-refractivity contribution >= 4 is 17.4 Å². The summed E-state index contributed by atoms with van der Waals surface area (Å²) in [6.07, 6.45) is 3.23. The summed E-state index contributed by atoms with van der Waals surface area (Å²) in [7, 11) is 0. The third-order valence-corrected chi connectivity index (χ3v) is 4.74. The lowest BCUT2D eigenvalue weighted by atomic mass is 10.2. The number of nitrogens with one attached hydrogen (secondary N) is 1. The molecule has 1 fully saturated rings. The van der Waals surface area contributed by atoms with Gasteiger partial charge >= 0.3 is 0 Å². The summed E-state index contributed by atoms with van der Waals surface area (Å²) in [4.78, 5) is 21.3. The van der Waals surface area contributed by atoms with Crippen LogP contribution < -0.4 is 15.1 Å². The van der Waals surface area contributed by atoms with Crippen LogP contribution >= 0.6 is 0 Å². The predicted octanol–water partition coefficient (Wildman–Crippen LogP) is 2.93. The van der Waals surface area contributed by atoms with E-state index >= 15 is 0 Å². The first kappa shape index (κ1) is 17.1. The molecule has 2 aromatic heterocycles. The number of para-hydroxylation sites is 1. The van der Waals surface area contributed by atoms with Crippen LogP contribution in [0.15, 0.2) is 71.5 Å². The van der Waals surface area contributed by atoms with Crippen LogP contribution in [0.3, 0.4) is 0 Å². The highest BCUT2D eigenvalue weighted by molar-refractivity contribution is 5.93. The lowest BCUT2D eigenvalue weighted by Crippen LogP contribution is -2.46. The molecule has 0 atom stereocenters. The fourth-order valence-corrected chi connectivity index (χ4v) is 3.22. The third kappa shape index (κ3) is 4.11. The number of nitrogens with zero attached hydrogens (tertiary/aromatic N) is 3. The number of anilines is 2. The minimum absolute atomic E-state index is 0.153. The van der Waals surface area contributed by atoms with Crippen molar-refractivity contribution in [3.05, 3.63) is 78.4 Å². The molecule has 0 spiro atoms. The van der Waals surface area contributed by atoms with Gasteiger partial charge in [0.1, 0.15) is 11.6 Å². The van der Waals surface area contributed by atoms with E-state index in [9.17, 15) is 4.79 Å². The van der Waals surface area contributed by atoms with Crippen LogP contribution in [0.4, 0.5) is 11.5 Å². The molecule has 1 amide bonds. The molecule has 1 aromatic carbocycles. The number of furan rings is 1. The Kier molecular flexibility index (Phi) is 5.05. The van der Waals surface area contributed by atoms with Gasteiger partial charge in [0.25, 0.3) is 5.91 Å². The number of carbonyl (C=O) groups is 1. The largest absolute Gasteiger partial charge is 0.467 e. The zero-order chi connectivity index (χ0) is 18.5. The number of hydrogen-bond donors (Lipinski definition) is 1. The first-order valence-corrected chi connectivity index (χ1v) is 9.11. The summed E-state index contributed by atoms with van der Waals surface area (Å²) in [6.45, 7) is 4.10. The van der Waals surface area contributed by atoms with E-state index in [-0.39, 0.29) is 5.91 Å². The molecular formula is C21H22N4O2. The zero-order valence-electron chi connectivity index (χ0n) is 15.0. The first-order valence-electron chi connectivity index (χ1n) is 9.11. The average Bonchev–Trinajstić information content (AvgIpc) is 3.27. The fourth-order valence-electron chi connectivity index (χ4n) is 3.22. The highest BCUT2D eigenvalue weighted by Gasteiger charge is 2.18.